The zero-order valence-electron chi connectivity index (χ0n) is 11.8. The van der Waals surface area contributed by atoms with E-state index in [9.17, 15) is 0 Å². The molecule has 0 spiro atoms. The molecular formula is C16H19LiSi. The van der Waals surface area contributed by atoms with Gasteiger partial charge in [0, 0.05) is 0 Å². The molecule has 2 aromatic carbocycles. The van der Waals surface area contributed by atoms with Gasteiger partial charge in [0.25, 0.3) is 0 Å². The zero-order chi connectivity index (χ0) is 13.2. The van der Waals surface area contributed by atoms with Crippen molar-refractivity contribution < 1.29 is 0 Å². The van der Waals surface area contributed by atoms with E-state index in [1.54, 1.807) is 0 Å². The van der Waals surface area contributed by atoms with E-state index in [1.165, 1.54) is 10.4 Å². The number of hydrogen-bond acceptors (Lipinski definition) is 0. The standard InChI is InChI=1S/C16H19Si.Li/c1-16(2,3)17(14-10-6-4-7-11-14)15-12-8-5-9-13-15;/h4-13H,1-3H3;. The summed E-state index contributed by atoms with van der Waals surface area (Å²) in [5, 5.41) is 3.34. The van der Waals surface area contributed by atoms with Gasteiger partial charge in [0.1, 0.15) is 0 Å². The van der Waals surface area contributed by atoms with E-state index in [0.717, 1.165) is 0 Å². The van der Waals surface area contributed by atoms with Gasteiger partial charge in [-0.1, -0.05) is 0 Å². The van der Waals surface area contributed by atoms with Gasteiger partial charge >= 0.3 is 120 Å². The molecule has 0 bridgehead atoms. The molecule has 2 heteroatoms. The Morgan fingerprint density at radius 1 is 0.722 bits per heavy atom. The molecule has 0 nitrogen and oxygen atoms in total. The van der Waals surface area contributed by atoms with Gasteiger partial charge < -0.3 is 0 Å². The van der Waals surface area contributed by atoms with Crippen molar-refractivity contribution in [3.8, 4) is 0 Å². The number of rotatable bonds is 2. The van der Waals surface area contributed by atoms with Gasteiger partial charge in [-0.15, -0.1) is 0 Å². The summed E-state index contributed by atoms with van der Waals surface area (Å²) in [6, 6.07) is 22.0. The van der Waals surface area contributed by atoms with Crippen LogP contribution < -0.4 is 10.4 Å². The van der Waals surface area contributed by atoms with E-state index >= 15 is 0 Å². The van der Waals surface area contributed by atoms with Gasteiger partial charge in [-0.25, -0.2) is 0 Å². The number of hydrogen-bond donors (Lipinski definition) is 0. The van der Waals surface area contributed by atoms with Crippen molar-refractivity contribution in [2.24, 2.45) is 0 Å². The number of benzene rings is 2. The molecule has 0 aliphatic heterocycles. The maximum atomic E-state index is 2.48. The molecule has 0 unspecified atom stereocenters. The van der Waals surface area contributed by atoms with E-state index in [1.807, 2.05) is 0 Å². The van der Waals surface area contributed by atoms with Crippen LogP contribution in [0.15, 0.2) is 60.7 Å². The second-order valence-electron chi connectivity index (χ2n) is 6.11. The third-order valence-corrected chi connectivity index (χ3v) is 10.2. The molecule has 0 fully saturated rings. The first-order valence-electron chi connectivity index (χ1n) is 6.57. The summed E-state index contributed by atoms with van der Waals surface area (Å²) in [6.45, 7) is 7.12. The predicted molar refractivity (Wildman–Crippen MR) is 83.4 cm³/mol. The van der Waals surface area contributed by atoms with Crippen LogP contribution >= 0.6 is 0 Å². The van der Waals surface area contributed by atoms with Gasteiger partial charge in [0.2, 0.25) is 0 Å². The van der Waals surface area contributed by atoms with Crippen LogP contribution in [0.2, 0.25) is 5.04 Å². The molecule has 0 aromatic heterocycles. The molecule has 0 amide bonds. The molecule has 0 aliphatic rings. The van der Waals surface area contributed by atoms with Crippen molar-refractivity contribution in [1.82, 2.24) is 0 Å². The third kappa shape index (κ3) is 2.36. The first-order valence-corrected chi connectivity index (χ1v) is 9.07. The molecule has 0 N–H and O–H groups in total. The monoisotopic (exact) mass is 246 g/mol. The van der Waals surface area contributed by atoms with E-state index in [0.29, 0.717) is 5.04 Å². The Kier molecular flexibility index (Phi) is 3.87. The van der Waals surface area contributed by atoms with Crippen LogP contribution in [-0.2, 0) is 0 Å². The van der Waals surface area contributed by atoms with Crippen molar-refractivity contribution in [2.75, 3.05) is 0 Å². The fraction of sp³-hybridized carbons (Fsp3) is 0.250. The Balaban J connectivity index is 2.63. The fourth-order valence-electron chi connectivity index (χ4n) is 2.58. The fourth-order valence-corrected chi connectivity index (χ4v) is 6.36. The predicted octanol–water partition coefficient (Wildman–Crippen LogP) is 2.71. The second kappa shape index (κ2) is 5.09. The quantitative estimate of drug-likeness (QED) is 0.715. The van der Waals surface area contributed by atoms with Gasteiger partial charge in [0.05, 0.1) is 0 Å². The average molecular weight is 246 g/mol. The summed E-state index contributed by atoms with van der Waals surface area (Å²) in [6.07, 6.45) is -1.70. The first kappa shape index (κ1) is 13.7. The average Bonchev–Trinajstić information content (AvgIpc) is 2.38. The molecule has 0 aliphatic carbocycles. The summed E-state index contributed by atoms with van der Waals surface area (Å²) in [7, 11) is 0. The van der Waals surface area contributed by atoms with Gasteiger partial charge in [-0.3, -0.25) is 0 Å². The van der Waals surface area contributed by atoms with E-state index in [2.05, 4.69) is 98.5 Å². The molecular weight excluding hydrogens is 227 g/mol. The van der Waals surface area contributed by atoms with Gasteiger partial charge in [-0.2, -0.15) is 0 Å². The summed E-state index contributed by atoms with van der Waals surface area (Å²) in [4.78, 5) is 0. The second-order valence-corrected chi connectivity index (χ2v) is 11.0. The van der Waals surface area contributed by atoms with Crippen molar-refractivity contribution in [3.05, 3.63) is 60.7 Å². The van der Waals surface area contributed by atoms with Gasteiger partial charge in [0.15, 0.2) is 0 Å². The molecule has 0 heterocycles. The Morgan fingerprint density at radius 2 is 1.06 bits per heavy atom. The Bertz CT molecular complexity index is 460. The minimum atomic E-state index is -1.70. The van der Waals surface area contributed by atoms with E-state index in [-0.39, 0.29) is 0 Å². The molecule has 0 radical (unpaired) electrons. The zero-order valence-corrected chi connectivity index (χ0v) is 12.8. The topological polar surface area (TPSA) is 0 Å². The maximum absolute atomic E-state index is 2.48. The molecule has 88 valence electrons. The molecule has 2 aromatic rings. The van der Waals surface area contributed by atoms with Crippen LogP contribution in [-0.4, -0.2) is 23.4 Å². The van der Waals surface area contributed by atoms with Crippen LogP contribution in [0.5, 0.6) is 0 Å². The summed E-state index contributed by atoms with van der Waals surface area (Å²) in [5.74, 6) is 0. The Morgan fingerprint density at radius 3 is 1.33 bits per heavy atom. The first-order chi connectivity index (χ1) is 8.46. The minimum absolute atomic E-state index is 0.301. The van der Waals surface area contributed by atoms with E-state index in [4.69, 9.17) is 0 Å². The molecule has 0 saturated heterocycles. The van der Waals surface area contributed by atoms with Gasteiger partial charge in [-0.05, 0) is 0 Å². The molecule has 18 heavy (non-hydrogen) atoms. The SMILES string of the molecule is [Li][Si](c1ccccc1)(c1ccccc1)C(C)(C)C. The van der Waals surface area contributed by atoms with Crippen LogP contribution in [0.25, 0.3) is 0 Å². The van der Waals surface area contributed by atoms with Crippen molar-refractivity contribution >= 4 is 33.8 Å². The van der Waals surface area contributed by atoms with Crippen LogP contribution in [0.1, 0.15) is 20.8 Å². The van der Waals surface area contributed by atoms with Crippen LogP contribution in [0.4, 0.5) is 0 Å². The summed E-state index contributed by atoms with van der Waals surface area (Å²) >= 11 is 2.48. The van der Waals surface area contributed by atoms with Crippen molar-refractivity contribution in [2.45, 2.75) is 25.8 Å². The molecule has 0 saturated carbocycles. The van der Waals surface area contributed by atoms with E-state index < -0.39 is 6.40 Å². The Hall–Kier alpha value is -0.746. The van der Waals surface area contributed by atoms with Crippen molar-refractivity contribution in [3.63, 3.8) is 0 Å². The molecule has 0 atom stereocenters. The molecule has 2 rings (SSSR count). The normalized spacial score (nSPS) is 12.5. The van der Waals surface area contributed by atoms with Crippen LogP contribution in [0.3, 0.4) is 0 Å². The summed E-state index contributed by atoms with van der Waals surface area (Å²) < 4.78 is 0. The van der Waals surface area contributed by atoms with Crippen LogP contribution in [0, 0.1) is 0 Å². The Labute approximate surface area is 120 Å². The summed E-state index contributed by atoms with van der Waals surface area (Å²) in [5.41, 5.74) is 0. The van der Waals surface area contributed by atoms with Crippen molar-refractivity contribution in [1.29, 1.82) is 0 Å². The third-order valence-electron chi connectivity index (χ3n) is 4.20.